The van der Waals surface area contributed by atoms with Gasteiger partial charge in [-0.3, -0.25) is 0 Å². The van der Waals surface area contributed by atoms with Crippen molar-refractivity contribution in [3.05, 3.63) is 15.8 Å². The highest BCUT2D eigenvalue weighted by Gasteiger charge is 2.35. The van der Waals surface area contributed by atoms with Gasteiger partial charge in [0.1, 0.15) is 4.90 Å². The van der Waals surface area contributed by atoms with Crippen molar-refractivity contribution in [3.8, 4) is 0 Å². The van der Waals surface area contributed by atoms with Crippen LogP contribution >= 0.6 is 22.9 Å². The molecule has 1 aliphatic rings. The molecule has 108 valence electrons. The summed E-state index contributed by atoms with van der Waals surface area (Å²) in [5, 5.41) is 1.85. The van der Waals surface area contributed by atoms with Crippen molar-refractivity contribution < 1.29 is 13.2 Å². The molecule has 0 amide bonds. The molecule has 0 spiro atoms. The number of rotatable bonds is 5. The van der Waals surface area contributed by atoms with Crippen molar-refractivity contribution in [2.24, 2.45) is 5.92 Å². The van der Waals surface area contributed by atoms with Gasteiger partial charge in [0.05, 0.1) is 12.5 Å². The highest BCUT2D eigenvalue weighted by atomic mass is 35.5. The summed E-state index contributed by atoms with van der Waals surface area (Å²) in [4.78, 5) is 1.14. The summed E-state index contributed by atoms with van der Waals surface area (Å²) in [6, 6.07) is 0. The van der Waals surface area contributed by atoms with Crippen LogP contribution in [0, 0.1) is 12.8 Å². The minimum Gasteiger partial charge on any atom is -0.384 e. The lowest BCUT2D eigenvalue weighted by atomic mass is 10.1. The highest BCUT2D eigenvalue weighted by Crippen LogP contribution is 2.33. The number of thiophene rings is 1. The summed E-state index contributed by atoms with van der Waals surface area (Å²) in [5.74, 6) is 0.528. The van der Waals surface area contributed by atoms with Crippen molar-refractivity contribution in [1.82, 2.24) is 4.31 Å². The predicted molar refractivity (Wildman–Crippen MR) is 77.4 cm³/mol. The molecule has 2 rings (SSSR count). The molecule has 1 fully saturated rings. The Balaban J connectivity index is 2.26. The molecule has 19 heavy (non-hydrogen) atoms. The number of nitrogens with zero attached hydrogens (tertiary/aromatic N) is 1. The standard InChI is InChI=1S/C12H18ClNO3S2/c1-9-8-18-11(5-13)12(9)19(15,16)14-4-3-10(6-14)7-17-2/h8,10H,3-7H2,1-2H3. The first kappa shape index (κ1) is 15.3. The quantitative estimate of drug-likeness (QED) is 0.782. The number of hydrogen-bond donors (Lipinski definition) is 0. The first-order chi connectivity index (χ1) is 9.00. The van der Waals surface area contributed by atoms with Crippen LogP contribution in [0.3, 0.4) is 0 Å². The van der Waals surface area contributed by atoms with Crippen LogP contribution in [0.15, 0.2) is 10.3 Å². The van der Waals surface area contributed by atoms with Gasteiger partial charge >= 0.3 is 0 Å². The topological polar surface area (TPSA) is 46.6 Å². The van der Waals surface area contributed by atoms with E-state index < -0.39 is 10.0 Å². The third-order valence-corrected chi connectivity index (χ3v) is 7.11. The molecular formula is C12H18ClNO3S2. The molecule has 0 N–H and O–H groups in total. The van der Waals surface area contributed by atoms with Gasteiger partial charge in [0.15, 0.2) is 0 Å². The summed E-state index contributed by atoms with van der Waals surface area (Å²) >= 11 is 7.25. The van der Waals surface area contributed by atoms with Gasteiger partial charge in [-0.15, -0.1) is 22.9 Å². The molecule has 7 heteroatoms. The average molecular weight is 324 g/mol. The highest BCUT2D eigenvalue weighted by molar-refractivity contribution is 7.89. The Hall–Kier alpha value is -0.140. The third kappa shape index (κ3) is 2.97. The SMILES string of the molecule is COCC1CCN(S(=O)(=O)c2c(C)csc2CCl)C1. The molecular weight excluding hydrogens is 306 g/mol. The number of halogens is 1. The molecule has 1 atom stereocenters. The summed E-state index contributed by atoms with van der Waals surface area (Å²) in [7, 11) is -1.77. The van der Waals surface area contributed by atoms with Gasteiger partial charge in [0, 0.05) is 25.1 Å². The van der Waals surface area contributed by atoms with Crippen molar-refractivity contribution in [2.75, 3.05) is 26.8 Å². The van der Waals surface area contributed by atoms with Crippen LogP contribution in [0.2, 0.25) is 0 Å². The molecule has 2 heterocycles. The third-order valence-electron chi connectivity index (χ3n) is 3.36. The zero-order valence-corrected chi connectivity index (χ0v) is 13.4. The molecule has 0 saturated carbocycles. The van der Waals surface area contributed by atoms with Gasteiger partial charge in [0.25, 0.3) is 0 Å². The zero-order chi connectivity index (χ0) is 14.0. The molecule has 0 radical (unpaired) electrons. The Kier molecular flexibility index (Phi) is 4.89. The fraction of sp³-hybridized carbons (Fsp3) is 0.667. The first-order valence-electron chi connectivity index (χ1n) is 6.12. The first-order valence-corrected chi connectivity index (χ1v) is 8.98. The van der Waals surface area contributed by atoms with E-state index in [0.29, 0.717) is 24.6 Å². The Morgan fingerprint density at radius 2 is 2.32 bits per heavy atom. The lowest BCUT2D eigenvalue weighted by molar-refractivity contribution is 0.157. The van der Waals surface area contributed by atoms with Crippen molar-refractivity contribution in [1.29, 1.82) is 0 Å². The Morgan fingerprint density at radius 1 is 1.58 bits per heavy atom. The molecule has 1 aromatic heterocycles. The Labute approximate surface area is 123 Å². The van der Waals surface area contributed by atoms with Gasteiger partial charge in [-0.1, -0.05) is 0 Å². The number of ether oxygens (including phenoxy) is 1. The lowest BCUT2D eigenvalue weighted by Crippen LogP contribution is -2.30. The Bertz CT molecular complexity index is 541. The largest absolute Gasteiger partial charge is 0.384 e. The molecule has 1 unspecified atom stereocenters. The number of alkyl halides is 1. The average Bonchev–Trinajstić information content (AvgIpc) is 2.96. The van der Waals surface area contributed by atoms with E-state index >= 15 is 0 Å². The van der Waals surface area contributed by atoms with Crippen LogP contribution in [0.25, 0.3) is 0 Å². The van der Waals surface area contributed by atoms with Crippen LogP contribution in [0.4, 0.5) is 0 Å². The zero-order valence-electron chi connectivity index (χ0n) is 11.1. The van der Waals surface area contributed by atoms with Gasteiger partial charge in [0.2, 0.25) is 10.0 Å². The van der Waals surface area contributed by atoms with Crippen LogP contribution in [0.1, 0.15) is 16.9 Å². The van der Waals surface area contributed by atoms with Gasteiger partial charge < -0.3 is 4.74 Å². The molecule has 1 saturated heterocycles. The molecule has 0 aliphatic carbocycles. The van der Waals surface area contributed by atoms with E-state index in [1.54, 1.807) is 11.4 Å². The smallest absolute Gasteiger partial charge is 0.244 e. The van der Waals surface area contributed by atoms with E-state index in [4.69, 9.17) is 16.3 Å². The maximum atomic E-state index is 12.7. The van der Waals surface area contributed by atoms with E-state index in [0.717, 1.165) is 16.9 Å². The summed E-state index contributed by atoms with van der Waals surface area (Å²) in [5.41, 5.74) is 0.788. The molecule has 1 aromatic rings. The van der Waals surface area contributed by atoms with Gasteiger partial charge in [-0.25, -0.2) is 8.42 Å². The normalized spacial score (nSPS) is 21.1. The van der Waals surface area contributed by atoms with E-state index in [1.807, 2.05) is 12.3 Å². The number of aryl methyl sites for hydroxylation is 1. The summed E-state index contributed by atoms with van der Waals surface area (Å²) < 4.78 is 32.0. The van der Waals surface area contributed by atoms with Crippen molar-refractivity contribution in [2.45, 2.75) is 24.1 Å². The lowest BCUT2D eigenvalue weighted by Gasteiger charge is -2.17. The monoisotopic (exact) mass is 323 g/mol. The minimum absolute atomic E-state index is 0.239. The summed E-state index contributed by atoms with van der Waals surface area (Å²) in [6.07, 6.45) is 0.854. The maximum absolute atomic E-state index is 12.7. The van der Waals surface area contributed by atoms with Crippen LogP contribution in [0.5, 0.6) is 0 Å². The van der Waals surface area contributed by atoms with E-state index in [2.05, 4.69) is 0 Å². The number of hydrogen-bond acceptors (Lipinski definition) is 4. The van der Waals surface area contributed by atoms with Crippen molar-refractivity contribution >= 4 is 33.0 Å². The molecule has 0 bridgehead atoms. The molecule has 4 nitrogen and oxygen atoms in total. The second-order valence-electron chi connectivity index (χ2n) is 4.78. The predicted octanol–water partition coefficient (Wildman–Crippen LogP) is 2.45. The number of methoxy groups -OCH3 is 1. The van der Waals surface area contributed by atoms with Gasteiger partial charge in [-0.2, -0.15) is 4.31 Å². The number of sulfonamides is 1. The van der Waals surface area contributed by atoms with Crippen molar-refractivity contribution in [3.63, 3.8) is 0 Å². The maximum Gasteiger partial charge on any atom is 0.244 e. The van der Waals surface area contributed by atoms with E-state index in [1.165, 1.54) is 11.3 Å². The molecule has 0 aromatic carbocycles. The molecule has 1 aliphatic heterocycles. The van der Waals surface area contributed by atoms with Gasteiger partial charge in [-0.05, 0) is 30.2 Å². The fourth-order valence-electron chi connectivity index (χ4n) is 2.44. The van der Waals surface area contributed by atoms with Crippen LogP contribution < -0.4 is 0 Å². The second-order valence-corrected chi connectivity index (χ2v) is 7.88. The second kappa shape index (κ2) is 6.10. The Morgan fingerprint density at radius 3 is 2.95 bits per heavy atom. The van der Waals surface area contributed by atoms with E-state index in [9.17, 15) is 8.42 Å². The van der Waals surface area contributed by atoms with Crippen LogP contribution in [-0.4, -0.2) is 39.5 Å². The fourth-order valence-corrected chi connectivity index (χ4v) is 5.98. The minimum atomic E-state index is -3.42. The summed E-state index contributed by atoms with van der Waals surface area (Å²) in [6.45, 7) is 3.53. The van der Waals surface area contributed by atoms with E-state index in [-0.39, 0.29) is 11.8 Å². The van der Waals surface area contributed by atoms with Crippen LogP contribution in [-0.2, 0) is 20.6 Å².